The van der Waals surface area contributed by atoms with Gasteiger partial charge in [0.25, 0.3) is 0 Å². The highest BCUT2D eigenvalue weighted by molar-refractivity contribution is 5.87. The van der Waals surface area contributed by atoms with E-state index in [-0.39, 0.29) is 11.8 Å². The second-order valence-corrected chi connectivity index (χ2v) is 7.38. The summed E-state index contributed by atoms with van der Waals surface area (Å²) >= 11 is 0. The van der Waals surface area contributed by atoms with Gasteiger partial charge in [-0.3, -0.25) is 15.2 Å². The molecule has 158 valence electrons. The average molecular weight is 416 g/mol. The van der Waals surface area contributed by atoms with E-state index in [1.165, 1.54) is 0 Å². The largest absolute Gasteiger partial charge is 0.425 e. The van der Waals surface area contributed by atoms with Crippen molar-refractivity contribution in [3.05, 3.63) is 90.0 Å². The Morgan fingerprint density at radius 3 is 2.19 bits per heavy atom. The predicted octanol–water partition coefficient (Wildman–Crippen LogP) is 3.87. The molecule has 0 heterocycles. The third kappa shape index (κ3) is 4.59. The maximum atomic E-state index is 13.4. The molecule has 3 aromatic carbocycles. The van der Waals surface area contributed by atoms with Gasteiger partial charge in [-0.2, -0.15) is 0 Å². The van der Waals surface area contributed by atoms with Gasteiger partial charge in [-0.25, -0.2) is 4.79 Å². The quantitative estimate of drug-likeness (QED) is 0.362. The fraction of sp³-hybridized carbons (Fsp3) is 0.200. The number of rotatable bonds is 6. The monoisotopic (exact) mass is 416 g/mol. The van der Waals surface area contributed by atoms with Crippen LogP contribution in [0.4, 0.5) is 11.4 Å². The Morgan fingerprint density at radius 1 is 0.935 bits per heavy atom. The van der Waals surface area contributed by atoms with E-state index in [9.17, 15) is 9.59 Å². The minimum Gasteiger partial charge on any atom is -0.425 e. The zero-order valence-corrected chi connectivity index (χ0v) is 17.0. The number of carbonyl (C=O) groups excluding carboxylic acids is 2. The molecule has 1 aliphatic carbocycles. The van der Waals surface area contributed by atoms with Crippen molar-refractivity contribution in [1.29, 1.82) is 0 Å². The molecule has 4 rings (SSSR count). The zero-order valence-electron chi connectivity index (χ0n) is 17.0. The summed E-state index contributed by atoms with van der Waals surface area (Å²) in [4.78, 5) is 25.0. The molecule has 0 radical (unpaired) electrons. The van der Waals surface area contributed by atoms with Gasteiger partial charge >= 0.3 is 5.97 Å². The highest BCUT2D eigenvalue weighted by Gasteiger charge is 2.30. The van der Waals surface area contributed by atoms with E-state index in [4.69, 9.17) is 9.84 Å². The summed E-state index contributed by atoms with van der Waals surface area (Å²) in [5, 5.41) is 10.8. The number of aliphatic hydroxyl groups is 1. The number of aliphatic hydroxyl groups excluding tert-OH is 1. The van der Waals surface area contributed by atoms with Crippen molar-refractivity contribution in [3.63, 3.8) is 0 Å². The first-order chi connectivity index (χ1) is 15.2. The number of hydrazine groups is 1. The number of anilines is 2. The van der Waals surface area contributed by atoms with Gasteiger partial charge in [0.1, 0.15) is 12.4 Å². The Bertz CT molecular complexity index is 1010. The summed E-state index contributed by atoms with van der Waals surface area (Å²) in [5.41, 5.74) is 6.48. The molecule has 6 heteroatoms. The number of ether oxygens (including phenoxy) is 1. The molecule has 0 spiro atoms. The Labute approximate surface area is 181 Å². The standard InChI is InChI=1S/C25H24N2O4/c28-17-24(29)31-23-16-8-13-20-21(23)14-7-15-22(20)25(30)26-27(18-9-3-1-4-10-18)19-11-5-2-6-12-19/h1-6,8-13,16,22,28H,7,14-15,17H2,(H,26,30). The molecule has 1 unspecified atom stereocenters. The van der Waals surface area contributed by atoms with E-state index in [2.05, 4.69) is 5.43 Å². The lowest BCUT2D eigenvalue weighted by molar-refractivity contribution is -0.137. The summed E-state index contributed by atoms with van der Waals surface area (Å²) in [7, 11) is 0. The SMILES string of the molecule is O=C(CO)Oc1cccc2c1CCCC2C(=O)NN(c1ccccc1)c1ccccc1. The highest BCUT2D eigenvalue weighted by Crippen LogP contribution is 2.37. The van der Waals surface area contributed by atoms with Crippen molar-refractivity contribution < 1.29 is 19.4 Å². The second kappa shape index (κ2) is 9.45. The van der Waals surface area contributed by atoms with Crippen LogP contribution in [0.2, 0.25) is 0 Å². The molecule has 0 fully saturated rings. The first-order valence-electron chi connectivity index (χ1n) is 10.3. The summed E-state index contributed by atoms with van der Waals surface area (Å²) < 4.78 is 5.28. The predicted molar refractivity (Wildman–Crippen MR) is 118 cm³/mol. The van der Waals surface area contributed by atoms with Gasteiger partial charge in [-0.15, -0.1) is 0 Å². The number of esters is 1. The van der Waals surface area contributed by atoms with Crippen LogP contribution in [0.15, 0.2) is 78.9 Å². The van der Waals surface area contributed by atoms with Crippen LogP contribution in [0.3, 0.4) is 0 Å². The molecule has 0 bridgehead atoms. The van der Waals surface area contributed by atoms with E-state index < -0.39 is 12.6 Å². The average Bonchev–Trinajstić information content (AvgIpc) is 2.83. The van der Waals surface area contributed by atoms with Crippen LogP contribution in [-0.4, -0.2) is 23.6 Å². The van der Waals surface area contributed by atoms with Crippen LogP contribution < -0.4 is 15.2 Å². The maximum absolute atomic E-state index is 13.4. The van der Waals surface area contributed by atoms with Crippen molar-refractivity contribution in [2.24, 2.45) is 0 Å². The van der Waals surface area contributed by atoms with Gasteiger partial charge in [-0.05, 0) is 60.7 Å². The van der Waals surface area contributed by atoms with Gasteiger partial charge < -0.3 is 9.84 Å². The fourth-order valence-electron chi connectivity index (χ4n) is 3.96. The number of hydrogen-bond donors (Lipinski definition) is 2. The van der Waals surface area contributed by atoms with E-state index in [1.54, 1.807) is 17.1 Å². The van der Waals surface area contributed by atoms with Gasteiger partial charge in [0, 0.05) is 0 Å². The number of nitrogens with one attached hydrogen (secondary N) is 1. The number of carbonyl (C=O) groups is 2. The molecule has 0 saturated heterocycles. The first kappa shape index (κ1) is 20.6. The van der Waals surface area contributed by atoms with Gasteiger partial charge in [0.15, 0.2) is 0 Å². The minimum absolute atomic E-state index is 0.126. The molecule has 3 aromatic rings. The molecule has 0 aliphatic heterocycles. The van der Waals surface area contributed by atoms with Crippen molar-refractivity contribution in [2.45, 2.75) is 25.2 Å². The van der Waals surface area contributed by atoms with Crippen LogP contribution in [-0.2, 0) is 16.0 Å². The Kier molecular flexibility index (Phi) is 6.29. The minimum atomic E-state index is -0.709. The summed E-state index contributed by atoms with van der Waals surface area (Å²) in [6.45, 7) is -0.684. The molecule has 1 amide bonds. The number of fused-ring (bicyclic) bond motifs is 1. The molecule has 1 aliphatic rings. The van der Waals surface area contributed by atoms with Crippen LogP contribution in [0, 0.1) is 0 Å². The fourth-order valence-corrected chi connectivity index (χ4v) is 3.96. The molecule has 0 saturated carbocycles. The van der Waals surface area contributed by atoms with Crippen LogP contribution in [0.1, 0.15) is 29.9 Å². The van der Waals surface area contributed by atoms with Gasteiger partial charge in [-0.1, -0.05) is 48.5 Å². The van der Waals surface area contributed by atoms with Gasteiger partial charge in [0.05, 0.1) is 17.3 Å². The van der Waals surface area contributed by atoms with Crippen LogP contribution >= 0.6 is 0 Å². The second-order valence-electron chi connectivity index (χ2n) is 7.38. The molecule has 6 nitrogen and oxygen atoms in total. The number of para-hydroxylation sites is 2. The Balaban J connectivity index is 1.63. The van der Waals surface area contributed by atoms with E-state index in [0.29, 0.717) is 12.2 Å². The molecular weight excluding hydrogens is 392 g/mol. The Morgan fingerprint density at radius 2 is 1.58 bits per heavy atom. The van der Waals surface area contributed by atoms with Crippen LogP contribution in [0.25, 0.3) is 0 Å². The first-order valence-corrected chi connectivity index (χ1v) is 10.3. The maximum Gasteiger partial charge on any atom is 0.337 e. The van der Waals surface area contributed by atoms with Crippen molar-refractivity contribution in [3.8, 4) is 5.75 Å². The third-order valence-corrected chi connectivity index (χ3v) is 5.38. The summed E-state index contributed by atoms with van der Waals surface area (Å²) in [5.74, 6) is -0.790. The van der Waals surface area contributed by atoms with Crippen LogP contribution in [0.5, 0.6) is 5.75 Å². The zero-order chi connectivity index (χ0) is 21.6. The summed E-state index contributed by atoms with van der Waals surface area (Å²) in [6, 6.07) is 24.7. The molecule has 2 N–H and O–H groups in total. The highest BCUT2D eigenvalue weighted by atomic mass is 16.5. The van der Waals surface area contributed by atoms with Crippen molar-refractivity contribution in [1.82, 2.24) is 5.43 Å². The molecule has 1 atom stereocenters. The number of benzene rings is 3. The van der Waals surface area contributed by atoms with Crippen molar-refractivity contribution >= 4 is 23.3 Å². The molecule has 0 aromatic heterocycles. The lowest BCUT2D eigenvalue weighted by atomic mass is 9.82. The smallest absolute Gasteiger partial charge is 0.337 e. The summed E-state index contributed by atoms with van der Waals surface area (Å²) in [6.07, 6.45) is 2.22. The van der Waals surface area contributed by atoms with E-state index in [0.717, 1.165) is 35.3 Å². The lowest BCUT2D eigenvalue weighted by Crippen LogP contribution is -2.42. The van der Waals surface area contributed by atoms with E-state index in [1.807, 2.05) is 66.7 Å². The van der Waals surface area contributed by atoms with Crippen molar-refractivity contribution in [2.75, 3.05) is 11.6 Å². The Hall–Kier alpha value is -3.64. The molecular formula is C25H24N2O4. The number of nitrogens with zero attached hydrogens (tertiary/aromatic N) is 1. The van der Waals surface area contributed by atoms with E-state index >= 15 is 0 Å². The van der Waals surface area contributed by atoms with Gasteiger partial charge in [0.2, 0.25) is 5.91 Å². The number of hydrogen-bond acceptors (Lipinski definition) is 5. The topological polar surface area (TPSA) is 78.9 Å². The molecule has 31 heavy (non-hydrogen) atoms. The number of amides is 1. The normalized spacial score (nSPS) is 14.9. The third-order valence-electron chi connectivity index (χ3n) is 5.38. The lowest BCUT2D eigenvalue weighted by Gasteiger charge is -2.30.